The van der Waals surface area contributed by atoms with Crippen LogP contribution < -0.4 is 5.73 Å². The average molecular weight is 279 g/mol. The lowest BCUT2D eigenvalue weighted by atomic mass is 10.1. The van der Waals surface area contributed by atoms with E-state index >= 15 is 0 Å². The van der Waals surface area contributed by atoms with Gasteiger partial charge in [-0.25, -0.2) is 0 Å². The van der Waals surface area contributed by atoms with Crippen molar-refractivity contribution in [3.05, 3.63) is 32.7 Å². The number of halogens is 2. The molecule has 0 bridgehead atoms. The Balaban J connectivity index is 3.13. The maximum atomic E-state index is 5.73. The summed E-state index contributed by atoms with van der Waals surface area (Å²) in [5, 5.41) is 0. The first-order valence-electron chi connectivity index (χ1n) is 3.32. The first-order valence-corrected chi connectivity index (χ1v) is 4.90. The van der Waals surface area contributed by atoms with Gasteiger partial charge in [0.1, 0.15) is 0 Å². The van der Waals surface area contributed by atoms with Crippen LogP contribution in [-0.2, 0) is 0 Å². The van der Waals surface area contributed by atoms with Crippen molar-refractivity contribution in [2.24, 2.45) is 5.73 Å². The van der Waals surface area contributed by atoms with Gasteiger partial charge in [-0.1, -0.05) is 31.9 Å². The van der Waals surface area contributed by atoms with E-state index in [2.05, 4.69) is 31.9 Å². The lowest BCUT2D eigenvalue weighted by Crippen LogP contribution is -2.05. The minimum Gasteiger partial charge on any atom is -0.324 e. The fourth-order valence-corrected chi connectivity index (χ4v) is 1.85. The fraction of sp³-hybridized carbons (Fsp3) is 0.250. The highest BCUT2D eigenvalue weighted by Crippen LogP contribution is 2.25. The fourth-order valence-electron chi connectivity index (χ4n) is 0.864. The van der Waals surface area contributed by atoms with Gasteiger partial charge in [0.2, 0.25) is 0 Å². The molecule has 0 fully saturated rings. The smallest absolute Gasteiger partial charge is 0.0277 e. The van der Waals surface area contributed by atoms with Crippen molar-refractivity contribution >= 4 is 31.9 Å². The van der Waals surface area contributed by atoms with Crippen molar-refractivity contribution in [1.82, 2.24) is 0 Å². The molecule has 0 aliphatic heterocycles. The molecule has 0 spiro atoms. The molecule has 1 aromatic rings. The van der Waals surface area contributed by atoms with Crippen LogP contribution in [0.25, 0.3) is 0 Å². The minimum atomic E-state index is 0.0712. The van der Waals surface area contributed by atoms with Crippen LogP contribution in [0.1, 0.15) is 18.5 Å². The van der Waals surface area contributed by atoms with Gasteiger partial charge in [0.15, 0.2) is 0 Å². The normalized spacial score (nSPS) is 13.1. The Bertz CT molecular complexity index is 258. The van der Waals surface area contributed by atoms with Gasteiger partial charge in [0.05, 0.1) is 0 Å². The third-order valence-corrected chi connectivity index (χ3v) is 2.66. The standard InChI is InChI=1S/C8H9Br2N/c1-5(11)7-4-6(9)2-3-8(7)10/h2-5H,11H2,1H3/t5-/m0/s1. The zero-order valence-corrected chi connectivity index (χ0v) is 9.31. The van der Waals surface area contributed by atoms with E-state index in [4.69, 9.17) is 5.73 Å². The summed E-state index contributed by atoms with van der Waals surface area (Å²) in [6.07, 6.45) is 0. The second-order valence-corrected chi connectivity index (χ2v) is 4.22. The molecular weight excluding hydrogens is 270 g/mol. The summed E-state index contributed by atoms with van der Waals surface area (Å²) < 4.78 is 2.13. The lowest BCUT2D eigenvalue weighted by molar-refractivity contribution is 0.812. The maximum Gasteiger partial charge on any atom is 0.0277 e. The highest BCUT2D eigenvalue weighted by molar-refractivity contribution is 9.11. The van der Waals surface area contributed by atoms with Crippen molar-refractivity contribution in [3.63, 3.8) is 0 Å². The zero-order chi connectivity index (χ0) is 8.43. The Kier molecular flexibility index (Phi) is 3.10. The monoisotopic (exact) mass is 277 g/mol. The number of hydrogen-bond donors (Lipinski definition) is 1. The molecule has 1 rings (SSSR count). The number of nitrogens with two attached hydrogens (primary N) is 1. The van der Waals surface area contributed by atoms with Gasteiger partial charge in [-0.2, -0.15) is 0 Å². The van der Waals surface area contributed by atoms with E-state index in [-0.39, 0.29) is 6.04 Å². The summed E-state index contributed by atoms with van der Waals surface area (Å²) >= 11 is 6.82. The topological polar surface area (TPSA) is 26.0 Å². The molecule has 0 unspecified atom stereocenters. The third kappa shape index (κ3) is 2.29. The third-order valence-electron chi connectivity index (χ3n) is 1.45. The SMILES string of the molecule is C[C@H](N)c1cc(Br)ccc1Br. The van der Waals surface area contributed by atoms with Gasteiger partial charge in [-0.05, 0) is 30.7 Å². The first kappa shape index (κ1) is 9.23. The van der Waals surface area contributed by atoms with Crippen molar-refractivity contribution in [2.75, 3.05) is 0 Å². The Morgan fingerprint density at radius 3 is 2.45 bits per heavy atom. The van der Waals surface area contributed by atoms with E-state index in [1.165, 1.54) is 0 Å². The van der Waals surface area contributed by atoms with Crippen LogP contribution in [0.2, 0.25) is 0 Å². The Hall–Kier alpha value is 0.140. The minimum absolute atomic E-state index is 0.0712. The van der Waals surface area contributed by atoms with E-state index in [0.29, 0.717) is 0 Å². The van der Waals surface area contributed by atoms with E-state index in [1.807, 2.05) is 25.1 Å². The van der Waals surface area contributed by atoms with Gasteiger partial charge >= 0.3 is 0 Å². The second kappa shape index (κ2) is 3.70. The van der Waals surface area contributed by atoms with Crippen molar-refractivity contribution in [3.8, 4) is 0 Å². The van der Waals surface area contributed by atoms with Crippen molar-refractivity contribution in [1.29, 1.82) is 0 Å². The van der Waals surface area contributed by atoms with Crippen LogP contribution in [0.3, 0.4) is 0 Å². The second-order valence-electron chi connectivity index (χ2n) is 2.45. The van der Waals surface area contributed by atoms with Crippen LogP contribution in [-0.4, -0.2) is 0 Å². The molecule has 0 amide bonds. The molecule has 0 aliphatic rings. The highest BCUT2D eigenvalue weighted by Gasteiger charge is 2.03. The number of benzene rings is 1. The quantitative estimate of drug-likeness (QED) is 0.839. The van der Waals surface area contributed by atoms with Crippen LogP contribution in [0, 0.1) is 0 Å². The molecular formula is C8H9Br2N. The van der Waals surface area contributed by atoms with Crippen LogP contribution in [0.15, 0.2) is 27.1 Å². The summed E-state index contributed by atoms with van der Waals surface area (Å²) in [4.78, 5) is 0. The average Bonchev–Trinajstić information content (AvgIpc) is 1.94. The summed E-state index contributed by atoms with van der Waals surface area (Å²) in [6, 6.07) is 6.06. The Morgan fingerprint density at radius 1 is 1.36 bits per heavy atom. The van der Waals surface area contributed by atoms with Gasteiger partial charge in [0.25, 0.3) is 0 Å². The van der Waals surface area contributed by atoms with Gasteiger partial charge < -0.3 is 5.73 Å². The largest absolute Gasteiger partial charge is 0.324 e. The number of rotatable bonds is 1. The molecule has 0 saturated heterocycles. The van der Waals surface area contributed by atoms with Crippen molar-refractivity contribution < 1.29 is 0 Å². The summed E-state index contributed by atoms with van der Waals surface area (Å²) in [7, 11) is 0. The number of hydrogen-bond acceptors (Lipinski definition) is 1. The Morgan fingerprint density at radius 2 is 2.00 bits per heavy atom. The molecule has 3 heteroatoms. The molecule has 0 radical (unpaired) electrons. The molecule has 0 aliphatic carbocycles. The van der Waals surface area contributed by atoms with Crippen LogP contribution in [0.5, 0.6) is 0 Å². The van der Waals surface area contributed by atoms with Gasteiger partial charge in [-0.3, -0.25) is 0 Å². The molecule has 1 aromatic carbocycles. The van der Waals surface area contributed by atoms with Gasteiger partial charge in [-0.15, -0.1) is 0 Å². The molecule has 2 N–H and O–H groups in total. The van der Waals surface area contributed by atoms with E-state index in [1.54, 1.807) is 0 Å². The van der Waals surface area contributed by atoms with E-state index in [0.717, 1.165) is 14.5 Å². The molecule has 0 aromatic heterocycles. The van der Waals surface area contributed by atoms with Crippen LogP contribution in [0.4, 0.5) is 0 Å². The molecule has 0 heterocycles. The predicted octanol–water partition coefficient (Wildman–Crippen LogP) is 3.23. The van der Waals surface area contributed by atoms with E-state index in [9.17, 15) is 0 Å². The molecule has 0 saturated carbocycles. The summed E-state index contributed by atoms with van der Waals surface area (Å²) in [6.45, 7) is 1.96. The lowest BCUT2D eigenvalue weighted by Gasteiger charge is -2.07. The maximum absolute atomic E-state index is 5.73. The first-order chi connectivity index (χ1) is 5.11. The highest BCUT2D eigenvalue weighted by atomic mass is 79.9. The summed E-state index contributed by atoms with van der Waals surface area (Å²) in [5.74, 6) is 0. The Labute approximate surface area is 83.2 Å². The zero-order valence-electron chi connectivity index (χ0n) is 6.14. The summed E-state index contributed by atoms with van der Waals surface area (Å²) in [5.41, 5.74) is 6.86. The molecule has 60 valence electrons. The van der Waals surface area contributed by atoms with Crippen LogP contribution >= 0.6 is 31.9 Å². The van der Waals surface area contributed by atoms with Gasteiger partial charge in [0, 0.05) is 15.0 Å². The molecule has 11 heavy (non-hydrogen) atoms. The predicted molar refractivity (Wildman–Crippen MR) is 54.4 cm³/mol. The van der Waals surface area contributed by atoms with Crippen molar-refractivity contribution in [2.45, 2.75) is 13.0 Å². The molecule has 1 atom stereocenters. The molecule has 1 nitrogen and oxygen atoms in total. The van der Waals surface area contributed by atoms with E-state index < -0.39 is 0 Å².